The van der Waals surface area contributed by atoms with E-state index in [1.807, 2.05) is 9.80 Å². The quantitative estimate of drug-likeness (QED) is 0.812. The Labute approximate surface area is 147 Å². The van der Waals surface area contributed by atoms with Crippen molar-refractivity contribution < 1.29 is 19.4 Å². The first-order valence-electron chi connectivity index (χ1n) is 8.66. The number of carbonyl (C=O) groups excluding carboxylic acids is 2. The topological polar surface area (TPSA) is 96.1 Å². The first-order chi connectivity index (χ1) is 12.0. The second-order valence-electron chi connectivity index (χ2n) is 6.76. The molecular weight excluding hydrogens is 322 g/mol. The van der Waals surface area contributed by atoms with Crippen molar-refractivity contribution in [2.75, 3.05) is 26.7 Å². The highest BCUT2D eigenvalue weighted by molar-refractivity contribution is 5.94. The third-order valence-corrected chi connectivity index (χ3v) is 5.20. The van der Waals surface area contributed by atoms with E-state index in [1.54, 1.807) is 31.4 Å². The highest BCUT2D eigenvalue weighted by atomic mass is 16.5. The third kappa shape index (κ3) is 3.77. The number of hydrogen-bond donors (Lipinski definition) is 2. The molecule has 25 heavy (non-hydrogen) atoms. The number of aliphatic hydroxyl groups is 1. The van der Waals surface area contributed by atoms with Crippen LogP contribution >= 0.6 is 0 Å². The van der Waals surface area contributed by atoms with E-state index in [1.165, 1.54) is 0 Å². The SMILES string of the molecule is COc1ccc(C(=O)N2CCC(N3C[C@H](O)C[C@H]3C(N)=O)CC2)cc1. The molecule has 0 spiro atoms. The molecule has 2 aliphatic heterocycles. The van der Waals surface area contributed by atoms with Gasteiger partial charge in [0.25, 0.3) is 5.91 Å². The number of β-amino-alcohol motifs (C(OH)–C–C–N with tert-alkyl or cyclic N) is 1. The van der Waals surface area contributed by atoms with E-state index in [-0.39, 0.29) is 17.9 Å². The summed E-state index contributed by atoms with van der Waals surface area (Å²) in [4.78, 5) is 28.1. The average Bonchev–Trinajstić information content (AvgIpc) is 3.03. The van der Waals surface area contributed by atoms with Crippen molar-refractivity contribution in [3.8, 4) is 5.75 Å². The molecule has 0 aliphatic carbocycles. The Bertz CT molecular complexity index is 626. The predicted molar refractivity (Wildman–Crippen MR) is 92.2 cm³/mol. The first-order valence-corrected chi connectivity index (χ1v) is 8.66. The number of likely N-dealkylation sites (tertiary alicyclic amines) is 2. The fourth-order valence-corrected chi connectivity index (χ4v) is 3.84. The Kier molecular flexibility index (Phi) is 5.24. The van der Waals surface area contributed by atoms with Crippen LogP contribution in [0.3, 0.4) is 0 Å². The Balaban J connectivity index is 1.59. The van der Waals surface area contributed by atoms with Gasteiger partial charge in [-0.05, 0) is 43.5 Å². The third-order valence-electron chi connectivity index (χ3n) is 5.20. The number of carbonyl (C=O) groups is 2. The smallest absolute Gasteiger partial charge is 0.253 e. The minimum Gasteiger partial charge on any atom is -0.497 e. The van der Waals surface area contributed by atoms with Crippen molar-refractivity contribution in [2.24, 2.45) is 5.73 Å². The number of benzene rings is 1. The lowest BCUT2D eigenvalue weighted by atomic mass is 10.0. The molecule has 1 aromatic carbocycles. The zero-order valence-electron chi connectivity index (χ0n) is 14.4. The molecule has 0 radical (unpaired) electrons. The molecule has 3 N–H and O–H groups in total. The van der Waals surface area contributed by atoms with Gasteiger partial charge in [0.1, 0.15) is 5.75 Å². The molecule has 0 aromatic heterocycles. The van der Waals surface area contributed by atoms with Gasteiger partial charge in [0.2, 0.25) is 5.91 Å². The summed E-state index contributed by atoms with van der Waals surface area (Å²) in [6.45, 7) is 1.74. The van der Waals surface area contributed by atoms with Crippen LogP contribution in [0.2, 0.25) is 0 Å². The van der Waals surface area contributed by atoms with Crippen molar-refractivity contribution in [3.05, 3.63) is 29.8 Å². The van der Waals surface area contributed by atoms with Crippen LogP contribution in [-0.2, 0) is 4.79 Å². The Hall–Kier alpha value is -2.12. The molecule has 2 fully saturated rings. The van der Waals surface area contributed by atoms with Crippen LogP contribution in [0, 0.1) is 0 Å². The lowest BCUT2D eigenvalue weighted by Crippen LogP contribution is -2.51. The number of nitrogens with two attached hydrogens (primary N) is 1. The van der Waals surface area contributed by atoms with Gasteiger partial charge >= 0.3 is 0 Å². The van der Waals surface area contributed by atoms with Crippen LogP contribution in [0.5, 0.6) is 5.75 Å². The van der Waals surface area contributed by atoms with E-state index in [0.29, 0.717) is 31.6 Å². The maximum atomic E-state index is 12.6. The number of piperidine rings is 1. The molecule has 0 unspecified atom stereocenters. The Morgan fingerprint density at radius 2 is 1.84 bits per heavy atom. The van der Waals surface area contributed by atoms with Gasteiger partial charge in [-0.15, -0.1) is 0 Å². The van der Waals surface area contributed by atoms with Crippen LogP contribution in [0.4, 0.5) is 0 Å². The molecule has 7 heteroatoms. The Morgan fingerprint density at radius 1 is 1.20 bits per heavy atom. The highest BCUT2D eigenvalue weighted by Crippen LogP contribution is 2.27. The Morgan fingerprint density at radius 3 is 2.40 bits per heavy atom. The first kappa shape index (κ1) is 17.7. The monoisotopic (exact) mass is 347 g/mol. The molecule has 2 atom stereocenters. The van der Waals surface area contributed by atoms with Crippen molar-refractivity contribution in [1.82, 2.24) is 9.80 Å². The zero-order valence-corrected chi connectivity index (χ0v) is 14.4. The molecule has 1 aromatic rings. The zero-order chi connectivity index (χ0) is 18.0. The van der Waals surface area contributed by atoms with Crippen LogP contribution < -0.4 is 10.5 Å². The molecule has 2 amide bonds. The fraction of sp³-hybridized carbons (Fsp3) is 0.556. The number of aliphatic hydroxyl groups excluding tert-OH is 1. The van der Waals surface area contributed by atoms with E-state index in [2.05, 4.69) is 0 Å². The van der Waals surface area contributed by atoms with Crippen molar-refractivity contribution in [1.29, 1.82) is 0 Å². The molecule has 2 saturated heterocycles. The van der Waals surface area contributed by atoms with Gasteiger partial charge < -0.3 is 20.5 Å². The fourth-order valence-electron chi connectivity index (χ4n) is 3.84. The highest BCUT2D eigenvalue weighted by Gasteiger charge is 2.40. The molecule has 0 saturated carbocycles. The number of ether oxygens (including phenoxy) is 1. The largest absolute Gasteiger partial charge is 0.497 e. The molecule has 136 valence electrons. The second kappa shape index (κ2) is 7.41. The molecule has 3 rings (SSSR count). The minimum absolute atomic E-state index is 0.00834. The number of primary amides is 1. The van der Waals surface area contributed by atoms with Gasteiger partial charge in [0.15, 0.2) is 0 Å². The van der Waals surface area contributed by atoms with E-state index < -0.39 is 12.1 Å². The molecule has 7 nitrogen and oxygen atoms in total. The van der Waals surface area contributed by atoms with Gasteiger partial charge in [0, 0.05) is 31.2 Å². The predicted octanol–water partition coefficient (Wildman–Crippen LogP) is 0.220. The van der Waals surface area contributed by atoms with E-state index in [9.17, 15) is 14.7 Å². The molecule has 2 heterocycles. The minimum atomic E-state index is -0.503. The summed E-state index contributed by atoms with van der Waals surface area (Å²) in [6.07, 6.45) is 1.45. The number of hydrogen-bond acceptors (Lipinski definition) is 5. The summed E-state index contributed by atoms with van der Waals surface area (Å²) in [7, 11) is 1.59. The maximum absolute atomic E-state index is 12.6. The number of amides is 2. The van der Waals surface area contributed by atoms with Crippen LogP contribution in [-0.4, -0.2) is 71.7 Å². The van der Waals surface area contributed by atoms with Gasteiger partial charge in [-0.25, -0.2) is 0 Å². The number of rotatable bonds is 4. The second-order valence-corrected chi connectivity index (χ2v) is 6.76. The average molecular weight is 347 g/mol. The van der Waals surface area contributed by atoms with Gasteiger partial charge in [-0.3, -0.25) is 14.5 Å². The normalized spacial score (nSPS) is 25.1. The van der Waals surface area contributed by atoms with E-state index in [4.69, 9.17) is 10.5 Å². The lowest BCUT2D eigenvalue weighted by molar-refractivity contribution is -0.123. The molecular formula is C18H25N3O4. The summed E-state index contributed by atoms with van der Waals surface area (Å²) < 4.78 is 5.11. The number of nitrogens with zero attached hydrogens (tertiary/aromatic N) is 2. The summed E-state index contributed by atoms with van der Waals surface area (Å²) in [5.41, 5.74) is 6.11. The van der Waals surface area contributed by atoms with Crippen molar-refractivity contribution in [3.63, 3.8) is 0 Å². The van der Waals surface area contributed by atoms with Crippen LogP contribution in [0.25, 0.3) is 0 Å². The van der Waals surface area contributed by atoms with Crippen molar-refractivity contribution in [2.45, 2.75) is 37.5 Å². The summed E-state index contributed by atoms with van der Waals surface area (Å²) in [5.74, 6) is 0.350. The standard InChI is InChI=1S/C18H25N3O4/c1-25-15-4-2-12(3-5-15)18(24)20-8-6-13(7-9-20)21-11-14(22)10-16(21)17(19)23/h2-5,13-14,16,22H,6-11H2,1H3,(H2,19,23)/t14-,16+/m1/s1. The van der Waals surface area contributed by atoms with Crippen molar-refractivity contribution >= 4 is 11.8 Å². The maximum Gasteiger partial charge on any atom is 0.253 e. The van der Waals surface area contributed by atoms with Crippen LogP contribution in [0.1, 0.15) is 29.6 Å². The van der Waals surface area contributed by atoms with Gasteiger partial charge in [-0.1, -0.05) is 0 Å². The van der Waals surface area contributed by atoms with Gasteiger partial charge in [-0.2, -0.15) is 0 Å². The van der Waals surface area contributed by atoms with E-state index in [0.717, 1.165) is 18.6 Å². The van der Waals surface area contributed by atoms with Gasteiger partial charge in [0.05, 0.1) is 19.3 Å². The summed E-state index contributed by atoms with van der Waals surface area (Å²) in [5, 5.41) is 9.86. The summed E-state index contributed by atoms with van der Waals surface area (Å²) >= 11 is 0. The molecule has 2 aliphatic rings. The lowest BCUT2D eigenvalue weighted by Gasteiger charge is -2.38. The number of methoxy groups -OCH3 is 1. The van der Waals surface area contributed by atoms with E-state index >= 15 is 0 Å². The molecule has 0 bridgehead atoms. The summed E-state index contributed by atoms with van der Waals surface area (Å²) in [6, 6.07) is 6.88. The van der Waals surface area contributed by atoms with Crippen LogP contribution in [0.15, 0.2) is 24.3 Å².